The Morgan fingerprint density at radius 2 is 1.74 bits per heavy atom. The average Bonchev–Trinajstić information content (AvgIpc) is 3.48. The van der Waals surface area contributed by atoms with Crippen molar-refractivity contribution >= 4 is 51.0 Å². The van der Waals surface area contributed by atoms with Crippen LogP contribution < -0.4 is 4.74 Å². The summed E-state index contributed by atoms with van der Waals surface area (Å²) in [7, 11) is -2.27. The summed E-state index contributed by atoms with van der Waals surface area (Å²) in [5.41, 5.74) is 2.21. The van der Waals surface area contributed by atoms with Crippen molar-refractivity contribution in [1.82, 2.24) is 13.6 Å². The minimum atomic E-state index is -3.85. The molecule has 1 unspecified atom stereocenters. The fourth-order valence-electron chi connectivity index (χ4n) is 3.90. The number of rotatable bonds is 7. The molecule has 3 aromatic rings. The van der Waals surface area contributed by atoms with E-state index in [-0.39, 0.29) is 23.9 Å². The van der Waals surface area contributed by atoms with Crippen LogP contribution in [0.1, 0.15) is 27.7 Å². The second-order valence-electron chi connectivity index (χ2n) is 7.63. The van der Waals surface area contributed by atoms with Gasteiger partial charge in [0.2, 0.25) is 10.0 Å². The summed E-state index contributed by atoms with van der Waals surface area (Å²) < 4.78 is 39.3. The van der Waals surface area contributed by atoms with Crippen LogP contribution in [-0.4, -0.2) is 60.6 Å². The number of methoxy groups -OCH3 is 1. The van der Waals surface area contributed by atoms with E-state index in [0.717, 1.165) is 9.77 Å². The molecule has 2 heterocycles. The molecule has 7 nitrogen and oxygen atoms in total. The first-order valence-corrected chi connectivity index (χ1v) is 15.1. The maximum atomic E-state index is 13.8. The molecule has 0 spiro atoms. The van der Waals surface area contributed by atoms with E-state index < -0.39 is 16.2 Å². The first-order chi connectivity index (χ1) is 16.3. The second kappa shape index (κ2) is 10.3. The van der Waals surface area contributed by atoms with E-state index in [1.54, 1.807) is 48.4 Å². The molecule has 0 bridgehead atoms. The quantitative estimate of drug-likeness (QED) is 0.404. The van der Waals surface area contributed by atoms with Gasteiger partial charge >= 0.3 is 0 Å². The summed E-state index contributed by atoms with van der Waals surface area (Å²) in [6, 6.07) is 14.0. The van der Waals surface area contributed by atoms with Gasteiger partial charge in [0.05, 0.1) is 21.8 Å². The molecule has 4 rings (SSSR count). The highest BCUT2D eigenvalue weighted by Crippen LogP contribution is 2.40. The number of amides is 1. The van der Waals surface area contributed by atoms with E-state index in [0.29, 0.717) is 21.9 Å². The fraction of sp³-hybridized carbons (Fsp3) is 0.304. The summed E-state index contributed by atoms with van der Waals surface area (Å²) in [5.74, 6) is 0.439. The topological polar surface area (TPSA) is 79.8 Å². The normalized spacial score (nSPS) is 16.7. The zero-order valence-corrected chi connectivity index (χ0v) is 22.5. The van der Waals surface area contributed by atoms with Gasteiger partial charge in [0.25, 0.3) is 5.91 Å². The van der Waals surface area contributed by atoms with E-state index >= 15 is 0 Å². The minimum absolute atomic E-state index is 0.194. The molecule has 1 aliphatic heterocycles. The number of ether oxygens (including phenoxy) is 1. The zero-order chi connectivity index (χ0) is 24.5. The first-order valence-electron chi connectivity index (χ1n) is 10.4. The lowest BCUT2D eigenvalue weighted by Gasteiger charge is -2.30. The van der Waals surface area contributed by atoms with Crippen LogP contribution in [0.3, 0.4) is 0 Å². The molecule has 0 saturated carbocycles. The molecule has 1 saturated heterocycles. The van der Waals surface area contributed by atoms with Gasteiger partial charge in [-0.2, -0.15) is 8.68 Å². The highest BCUT2D eigenvalue weighted by Gasteiger charge is 2.44. The Morgan fingerprint density at radius 1 is 1.06 bits per heavy atom. The second-order valence-corrected chi connectivity index (χ2v) is 12.2. The number of aromatic nitrogens is 1. The lowest BCUT2D eigenvalue weighted by atomic mass is 10.1. The average molecular weight is 536 g/mol. The van der Waals surface area contributed by atoms with Crippen molar-refractivity contribution in [3.05, 3.63) is 65.2 Å². The van der Waals surface area contributed by atoms with E-state index in [1.807, 2.05) is 31.6 Å². The molecule has 11 heteroatoms. The summed E-state index contributed by atoms with van der Waals surface area (Å²) in [4.78, 5) is 15.7. The lowest BCUT2D eigenvalue weighted by Crippen LogP contribution is -2.38. The van der Waals surface area contributed by atoms with Crippen molar-refractivity contribution < 1.29 is 17.9 Å². The van der Waals surface area contributed by atoms with Gasteiger partial charge in [0.1, 0.15) is 16.9 Å². The summed E-state index contributed by atoms with van der Waals surface area (Å²) in [6.45, 7) is 2.38. The maximum Gasteiger partial charge on any atom is 0.260 e. The van der Waals surface area contributed by atoms with Gasteiger partial charge in [0.15, 0.2) is 0 Å². The number of hydrogen-bond donors (Lipinski definition) is 0. The third-order valence-corrected chi connectivity index (χ3v) is 10.3. The first kappa shape index (κ1) is 25.1. The number of sulfonamides is 1. The molecule has 34 heavy (non-hydrogen) atoms. The summed E-state index contributed by atoms with van der Waals surface area (Å²) in [6.07, 6.45) is 3.01. The van der Waals surface area contributed by atoms with E-state index in [2.05, 4.69) is 4.37 Å². The standard InChI is InChI=1S/C23H25N3O4S4/c1-15-5-11-18(12-6-15)34(28,29)26-14-13-25(21(26)16-7-9-17(30-2)10-8-16)22(27)19-20(31-3)24-33-23(19)32-4/h5-12,21H,13-14H2,1-4H3. The molecule has 0 aliphatic carbocycles. The van der Waals surface area contributed by atoms with Crippen molar-refractivity contribution in [3.8, 4) is 5.75 Å². The van der Waals surface area contributed by atoms with Crippen molar-refractivity contribution in [3.63, 3.8) is 0 Å². The van der Waals surface area contributed by atoms with Crippen LogP contribution in [-0.2, 0) is 10.0 Å². The van der Waals surface area contributed by atoms with Crippen molar-refractivity contribution in [2.45, 2.75) is 27.2 Å². The molecule has 0 N–H and O–H groups in total. The molecule has 180 valence electrons. The van der Waals surface area contributed by atoms with Crippen LogP contribution in [0, 0.1) is 6.92 Å². The van der Waals surface area contributed by atoms with Gasteiger partial charge in [-0.1, -0.05) is 29.8 Å². The predicted molar refractivity (Wildman–Crippen MR) is 138 cm³/mol. The monoisotopic (exact) mass is 535 g/mol. The number of carbonyl (C=O) groups is 1. The number of thioether (sulfide) groups is 2. The maximum absolute atomic E-state index is 13.8. The number of aryl methyl sites for hydroxylation is 1. The van der Waals surface area contributed by atoms with Gasteiger partial charge in [-0.3, -0.25) is 4.79 Å². The lowest BCUT2D eigenvalue weighted by molar-refractivity contribution is 0.0687. The molecular weight excluding hydrogens is 511 g/mol. The summed E-state index contributed by atoms with van der Waals surface area (Å²) >= 11 is 4.18. The Labute approximate surface area is 212 Å². The van der Waals surface area contributed by atoms with Gasteiger partial charge in [-0.15, -0.1) is 23.5 Å². The number of hydrogen-bond acceptors (Lipinski definition) is 8. The molecule has 1 fully saturated rings. The number of benzene rings is 2. The van der Waals surface area contributed by atoms with Gasteiger partial charge < -0.3 is 9.64 Å². The third-order valence-electron chi connectivity index (χ3n) is 5.65. The van der Waals surface area contributed by atoms with E-state index in [1.165, 1.54) is 39.4 Å². The van der Waals surface area contributed by atoms with Crippen LogP contribution >= 0.6 is 35.1 Å². The SMILES string of the molecule is COc1ccc(C2N(C(=O)c3c(SC)nsc3SC)CCN2S(=O)(=O)c2ccc(C)cc2)cc1. The Kier molecular flexibility index (Phi) is 7.58. The van der Waals surface area contributed by atoms with Crippen LogP contribution in [0.15, 0.2) is 62.7 Å². The van der Waals surface area contributed by atoms with Crippen LogP contribution in [0.2, 0.25) is 0 Å². The predicted octanol–water partition coefficient (Wildman–Crippen LogP) is 4.75. The molecular formula is C23H25N3O4S4. The van der Waals surface area contributed by atoms with Crippen LogP contribution in [0.4, 0.5) is 0 Å². The molecule has 2 aromatic carbocycles. The minimum Gasteiger partial charge on any atom is -0.497 e. The fourth-order valence-corrected chi connectivity index (χ4v) is 7.74. The van der Waals surface area contributed by atoms with Crippen LogP contribution in [0.5, 0.6) is 5.75 Å². The molecule has 1 atom stereocenters. The van der Waals surface area contributed by atoms with E-state index in [9.17, 15) is 13.2 Å². The number of carbonyl (C=O) groups excluding carboxylic acids is 1. The van der Waals surface area contributed by atoms with Crippen molar-refractivity contribution in [2.75, 3.05) is 32.7 Å². The molecule has 1 aromatic heterocycles. The third kappa shape index (κ3) is 4.59. The Balaban J connectivity index is 1.80. The van der Waals surface area contributed by atoms with Gasteiger partial charge in [-0.25, -0.2) is 8.42 Å². The Bertz CT molecular complexity index is 1250. The molecule has 1 aliphatic rings. The Morgan fingerprint density at radius 3 is 2.32 bits per heavy atom. The largest absolute Gasteiger partial charge is 0.497 e. The van der Waals surface area contributed by atoms with Crippen molar-refractivity contribution in [2.24, 2.45) is 0 Å². The summed E-state index contributed by atoms with van der Waals surface area (Å²) in [5, 5.41) is 0.660. The zero-order valence-electron chi connectivity index (χ0n) is 19.2. The van der Waals surface area contributed by atoms with Crippen LogP contribution in [0.25, 0.3) is 0 Å². The smallest absolute Gasteiger partial charge is 0.260 e. The van der Waals surface area contributed by atoms with Gasteiger partial charge in [-0.05, 0) is 60.8 Å². The Hall–Kier alpha value is -2.05. The van der Waals surface area contributed by atoms with E-state index in [4.69, 9.17) is 4.74 Å². The molecule has 0 radical (unpaired) electrons. The number of nitrogens with zero attached hydrogens (tertiary/aromatic N) is 3. The highest BCUT2D eigenvalue weighted by molar-refractivity contribution is 8.01. The van der Waals surface area contributed by atoms with Gasteiger partial charge in [0, 0.05) is 13.1 Å². The van der Waals surface area contributed by atoms with Crippen molar-refractivity contribution in [1.29, 1.82) is 0 Å². The highest BCUT2D eigenvalue weighted by atomic mass is 32.2. The molecule has 1 amide bonds.